The van der Waals surface area contributed by atoms with Crippen LogP contribution in [0.2, 0.25) is 0 Å². The summed E-state index contributed by atoms with van der Waals surface area (Å²) in [7, 11) is 1.41. The van der Waals surface area contributed by atoms with E-state index in [4.69, 9.17) is 4.74 Å². The van der Waals surface area contributed by atoms with Crippen LogP contribution in [0.25, 0.3) is 0 Å². The van der Waals surface area contributed by atoms with Gasteiger partial charge in [-0.1, -0.05) is 25.7 Å². The number of esters is 1. The predicted molar refractivity (Wildman–Crippen MR) is 132 cm³/mol. The first-order valence-corrected chi connectivity index (χ1v) is 13.0. The minimum Gasteiger partial charge on any atom is -0.465 e. The Morgan fingerprint density at radius 2 is 1.56 bits per heavy atom. The second-order valence-electron chi connectivity index (χ2n) is 10.9. The van der Waals surface area contributed by atoms with E-state index in [1.54, 1.807) is 0 Å². The van der Waals surface area contributed by atoms with Crippen LogP contribution in [-0.4, -0.2) is 25.0 Å². The number of hydrogen-bond acceptors (Lipinski definition) is 4. The van der Waals surface area contributed by atoms with E-state index in [1.807, 2.05) is 11.0 Å². The normalized spacial score (nSPS) is 26.1. The molecule has 2 aliphatic carbocycles. The van der Waals surface area contributed by atoms with Gasteiger partial charge in [-0.25, -0.2) is 4.79 Å². The first-order chi connectivity index (χ1) is 15.1. The molecule has 1 aromatic rings. The maximum Gasteiger partial charge on any atom is 0.350 e. The number of nitrogens with zero attached hydrogens (tertiary/aromatic N) is 1. The third kappa shape index (κ3) is 6.16. The molecule has 0 N–H and O–H groups in total. The van der Waals surface area contributed by atoms with Crippen LogP contribution < -0.4 is 4.90 Å². The molecule has 3 rings (SSSR count). The van der Waals surface area contributed by atoms with Gasteiger partial charge in [-0.3, -0.25) is 4.79 Å². The van der Waals surface area contributed by atoms with Crippen molar-refractivity contribution < 1.29 is 14.3 Å². The maximum atomic E-state index is 13.9. The van der Waals surface area contributed by atoms with Crippen molar-refractivity contribution in [3.05, 3.63) is 15.8 Å². The molecule has 0 unspecified atom stereocenters. The molecule has 5 heteroatoms. The monoisotopic (exact) mass is 457 g/mol. The van der Waals surface area contributed by atoms with Crippen molar-refractivity contribution in [2.75, 3.05) is 12.0 Å². The second-order valence-corrected chi connectivity index (χ2v) is 11.9. The topological polar surface area (TPSA) is 46.6 Å². The number of carbonyl (C=O) groups excluding carboxylic acids is 2. The first-order valence-electron chi connectivity index (χ1n) is 12.2. The van der Waals surface area contributed by atoms with Crippen LogP contribution in [0.3, 0.4) is 0 Å². The molecule has 0 aromatic carbocycles. The van der Waals surface area contributed by atoms with Gasteiger partial charge in [-0.05, 0) is 90.0 Å². The number of methoxy groups -OCH3 is 1. The molecule has 4 nitrogen and oxygen atoms in total. The molecule has 0 radical (unpaired) electrons. The van der Waals surface area contributed by atoms with Crippen molar-refractivity contribution in [1.29, 1.82) is 0 Å². The van der Waals surface area contributed by atoms with Gasteiger partial charge in [0, 0.05) is 17.4 Å². The summed E-state index contributed by atoms with van der Waals surface area (Å²) in [4.78, 5) is 29.9. The molecule has 0 spiro atoms. The molecule has 32 heavy (non-hydrogen) atoms. The van der Waals surface area contributed by atoms with Crippen LogP contribution in [0.4, 0.5) is 5.69 Å². The molecular formula is C27H39NO3S. The number of hydrogen-bond donors (Lipinski definition) is 0. The van der Waals surface area contributed by atoms with E-state index in [0.29, 0.717) is 22.4 Å². The van der Waals surface area contributed by atoms with Crippen LogP contribution in [0.5, 0.6) is 0 Å². The van der Waals surface area contributed by atoms with Gasteiger partial charge in [0.05, 0.1) is 17.7 Å². The predicted octanol–water partition coefficient (Wildman–Crippen LogP) is 6.67. The molecule has 1 amide bonds. The summed E-state index contributed by atoms with van der Waals surface area (Å²) in [6.07, 6.45) is 8.27. The average Bonchev–Trinajstić information content (AvgIpc) is 3.17. The Kier molecular flexibility index (Phi) is 8.09. The zero-order valence-corrected chi connectivity index (χ0v) is 21.4. The fourth-order valence-electron chi connectivity index (χ4n) is 4.81. The van der Waals surface area contributed by atoms with Gasteiger partial charge in [0.2, 0.25) is 5.91 Å². The Labute approximate surface area is 198 Å². The smallest absolute Gasteiger partial charge is 0.350 e. The molecule has 1 heterocycles. The molecule has 2 saturated carbocycles. The number of thiophene rings is 1. The summed E-state index contributed by atoms with van der Waals surface area (Å²) in [5.74, 6) is 7.73. The van der Waals surface area contributed by atoms with E-state index in [2.05, 4.69) is 46.5 Å². The van der Waals surface area contributed by atoms with Crippen molar-refractivity contribution >= 4 is 28.9 Å². The molecule has 0 atom stereocenters. The minimum absolute atomic E-state index is 0.0417. The fourth-order valence-corrected chi connectivity index (χ4v) is 5.73. The summed E-state index contributed by atoms with van der Waals surface area (Å²) in [6, 6.07) is 2.09. The van der Waals surface area contributed by atoms with Crippen LogP contribution in [0.15, 0.2) is 6.07 Å². The zero-order chi connectivity index (χ0) is 23.5. The molecule has 2 fully saturated rings. The summed E-state index contributed by atoms with van der Waals surface area (Å²) in [6.45, 7) is 10.8. The van der Waals surface area contributed by atoms with Crippen molar-refractivity contribution in [2.45, 2.75) is 92.0 Å². The van der Waals surface area contributed by atoms with Gasteiger partial charge < -0.3 is 9.64 Å². The standard InChI is InChI=1S/C27H39NO3S/c1-18-7-11-20(12-8-18)25(29)28(21-13-9-19(2)10-14-21)23-17-22(15-16-27(3,4)5)32-24(23)26(30)31-6/h17-21H,7-14H2,1-6H3. The summed E-state index contributed by atoms with van der Waals surface area (Å²) >= 11 is 1.35. The molecule has 0 aliphatic heterocycles. The molecule has 176 valence electrons. The maximum absolute atomic E-state index is 13.9. The number of anilines is 1. The molecule has 0 saturated heterocycles. The molecule has 0 bridgehead atoms. The van der Waals surface area contributed by atoms with Crippen LogP contribution >= 0.6 is 11.3 Å². The third-order valence-electron chi connectivity index (χ3n) is 6.86. The van der Waals surface area contributed by atoms with E-state index < -0.39 is 0 Å². The van der Waals surface area contributed by atoms with Gasteiger partial charge in [-0.2, -0.15) is 0 Å². The summed E-state index contributed by atoms with van der Waals surface area (Å²) in [5.41, 5.74) is 0.576. The Bertz CT molecular complexity index is 869. The lowest BCUT2D eigenvalue weighted by Gasteiger charge is -2.39. The summed E-state index contributed by atoms with van der Waals surface area (Å²) < 4.78 is 5.11. The molecule has 2 aliphatic rings. The lowest BCUT2D eigenvalue weighted by atomic mass is 9.81. The van der Waals surface area contributed by atoms with Crippen LogP contribution in [0, 0.1) is 35.0 Å². The zero-order valence-electron chi connectivity index (χ0n) is 20.6. The van der Waals surface area contributed by atoms with Crippen molar-refractivity contribution in [1.82, 2.24) is 0 Å². The quantitative estimate of drug-likeness (QED) is 0.375. The molecule has 1 aromatic heterocycles. The third-order valence-corrected chi connectivity index (χ3v) is 7.88. The van der Waals surface area contributed by atoms with Gasteiger partial charge in [0.15, 0.2) is 0 Å². The highest BCUT2D eigenvalue weighted by atomic mass is 32.1. The number of rotatable bonds is 4. The average molecular weight is 458 g/mol. The van der Waals surface area contributed by atoms with Gasteiger partial charge >= 0.3 is 5.97 Å². The van der Waals surface area contributed by atoms with E-state index in [1.165, 1.54) is 18.4 Å². The van der Waals surface area contributed by atoms with Gasteiger partial charge in [0.25, 0.3) is 0 Å². The fraction of sp³-hybridized carbons (Fsp3) is 0.704. The van der Waals surface area contributed by atoms with Crippen molar-refractivity contribution in [3.8, 4) is 11.8 Å². The summed E-state index contributed by atoms with van der Waals surface area (Å²) in [5, 5.41) is 0. The number of amides is 1. The highest BCUT2D eigenvalue weighted by Gasteiger charge is 2.37. The Morgan fingerprint density at radius 3 is 2.09 bits per heavy atom. The molecular weight excluding hydrogens is 418 g/mol. The first kappa shape index (κ1) is 24.8. The Balaban J connectivity index is 2.02. The Morgan fingerprint density at radius 1 is 1.00 bits per heavy atom. The van der Waals surface area contributed by atoms with E-state index >= 15 is 0 Å². The van der Waals surface area contributed by atoms with Crippen molar-refractivity contribution in [3.63, 3.8) is 0 Å². The minimum atomic E-state index is -0.381. The van der Waals surface area contributed by atoms with E-state index in [0.717, 1.165) is 56.2 Å². The number of ether oxygens (including phenoxy) is 1. The van der Waals surface area contributed by atoms with E-state index in [-0.39, 0.29) is 29.3 Å². The largest absolute Gasteiger partial charge is 0.465 e. The van der Waals surface area contributed by atoms with Crippen LogP contribution in [0.1, 0.15) is 101 Å². The lowest BCUT2D eigenvalue weighted by molar-refractivity contribution is -0.124. The highest BCUT2D eigenvalue weighted by Crippen LogP contribution is 2.39. The van der Waals surface area contributed by atoms with Gasteiger partial charge in [-0.15, -0.1) is 11.3 Å². The van der Waals surface area contributed by atoms with E-state index in [9.17, 15) is 9.59 Å². The SMILES string of the molecule is COC(=O)c1sc(C#CC(C)(C)C)cc1N(C(=O)C1CCC(C)CC1)C1CCC(C)CC1. The lowest BCUT2D eigenvalue weighted by Crippen LogP contribution is -2.46. The highest BCUT2D eigenvalue weighted by molar-refractivity contribution is 7.15. The van der Waals surface area contributed by atoms with Crippen molar-refractivity contribution in [2.24, 2.45) is 23.2 Å². The Hall–Kier alpha value is -1.80. The van der Waals surface area contributed by atoms with Crippen LogP contribution in [-0.2, 0) is 9.53 Å². The van der Waals surface area contributed by atoms with Gasteiger partial charge in [0.1, 0.15) is 4.88 Å². The number of carbonyl (C=O) groups is 2. The second kappa shape index (κ2) is 10.4.